The third-order valence-electron chi connectivity index (χ3n) is 3.32. The molecule has 0 saturated heterocycles. The van der Waals surface area contributed by atoms with Crippen molar-refractivity contribution < 1.29 is 9.53 Å². The van der Waals surface area contributed by atoms with Gasteiger partial charge >= 0.3 is 0 Å². The second kappa shape index (κ2) is 5.85. The Hall–Kier alpha value is -1.31. The van der Waals surface area contributed by atoms with Crippen molar-refractivity contribution in [3.05, 3.63) is 28.8 Å². The Morgan fingerprint density at radius 1 is 1.35 bits per heavy atom. The van der Waals surface area contributed by atoms with Crippen molar-refractivity contribution >= 4 is 5.78 Å². The van der Waals surface area contributed by atoms with Gasteiger partial charge in [-0.1, -0.05) is 26.3 Å². The molecule has 0 aromatic heterocycles. The Labute approximate surface area is 104 Å². The van der Waals surface area contributed by atoms with Crippen LogP contribution in [0.15, 0.2) is 12.1 Å². The molecule has 1 aromatic carbocycles. The highest BCUT2D eigenvalue weighted by atomic mass is 16.5. The number of hydrogen-bond donors (Lipinski definition) is 0. The lowest BCUT2D eigenvalue weighted by Gasteiger charge is -2.15. The van der Waals surface area contributed by atoms with E-state index < -0.39 is 0 Å². The quantitative estimate of drug-likeness (QED) is 0.721. The van der Waals surface area contributed by atoms with E-state index in [1.54, 1.807) is 7.11 Å². The number of carbonyl (C=O) groups is 1. The molecule has 0 aliphatic heterocycles. The molecule has 0 saturated carbocycles. The Morgan fingerprint density at radius 3 is 2.53 bits per heavy atom. The van der Waals surface area contributed by atoms with Gasteiger partial charge < -0.3 is 4.74 Å². The normalized spacial score (nSPS) is 12.3. The maximum Gasteiger partial charge on any atom is 0.169 e. The molecule has 0 aliphatic rings. The molecule has 0 aliphatic carbocycles. The standard InChI is InChI=1S/C15H22O2/c1-6-7-11(3)14(16)13-9-8-10(2)12(4)15(13)17-5/h8-9,11H,6-7H2,1-5H3. The number of Topliss-reactive ketones (excluding diaryl/α,β-unsaturated/α-hetero) is 1. The van der Waals surface area contributed by atoms with Gasteiger partial charge in [0, 0.05) is 5.92 Å². The summed E-state index contributed by atoms with van der Waals surface area (Å²) >= 11 is 0. The van der Waals surface area contributed by atoms with Crippen LogP contribution >= 0.6 is 0 Å². The summed E-state index contributed by atoms with van der Waals surface area (Å²) in [6.07, 6.45) is 1.95. The Kier molecular flexibility index (Phi) is 4.73. The summed E-state index contributed by atoms with van der Waals surface area (Å²) in [6.45, 7) is 8.11. The molecule has 0 amide bonds. The summed E-state index contributed by atoms with van der Waals surface area (Å²) in [4.78, 5) is 12.3. The van der Waals surface area contributed by atoms with E-state index in [0.717, 1.165) is 35.3 Å². The maximum absolute atomic E-state index is 12.3. The van der Waals surface area contributed by atoms with E-state index in [2.05, 4.69) is 6.92 Å². The van der Waals surface area contributed by atoms with Crippen LogP contribution in [0.4, 0.5) is 0 Å². The van der Waals surface area contributed by atoms with Gasteiger partial charge in [0.05, 0.1) is 12.7 Å². The van der Waals surface area contributed by atoms with Crippen molar-refractivity contribution in [2.24, 2.45) is 5.92 Å². The van der Waals surface area contributed by atoms with E-state index in [9.17, 15) is 4.79 Å². The van der Waals surface area contributed by atoms with Gasteiger partial charge in [-0.05, 0) is 37.5 Å². The van der Waals surface area contributed by atoms with E-state index >= 15 is 0 Å². The highest BCUT2D eigenvalue weighted by Crippen LogP contribution is 2.28. The highest BCUT2D eigenvalue weighted by molar-refractivity contribution is 6.00. The molecule has 1 rings (SSSR count). The van der Waals surface area contributed by atoms with Gasteiger partial charge in [0.25, 0.3) is 0 Å². The fourth-order valence-electron chi connectivity index (χ4n) is 2.08. The smallest absolute Gasteiger partial charge is 0.169 e. The van der Waals surface area contributed by atoms with Crippen molar-refractivity contribution in [3.63, 3.8) is 0 Å². The zero-order chi connectivity index (χ0) is 13.0. The monoisotopic (exact) mass is 234 g/mol. The predicted molar refractivity (Wildman–Crippen MR) is 70.9 cm³/mol. The molecule has 94 valence electrons. The van der Waals surface area contributed by atoms with Crippen LogP contribution in [0.25, 0.3) is 0 Å². The molecular weight excluding hydrogens is 212 g/mol. The number of aryl methyl sites for hydroxylation is 1. The second-order valence-electron chi connectivity index (χ2n) is 4.64. The molecule has 0 radical (unpaired) electrons. The highest BCUT2D eigenvalue weighted by Gasteiger charge is 2.20. The number of methoxy groups -OCH3 is 1. The Bertz CT molecular complexity index is 408. The van der Waals surface area contributed by atoms with Crippen molar-refractivity contribution in [2.75, 3.05) is 7.11 Å². The van der Waals surface area contributed by atoms with E-state index in [1.807, 2.05) is 32.9 Å². The zero-order valence-corrected chi connectivity index (χ0v) is 11.5. The molecule has 1 atom stereocenters. The van der Waals surface area contributed by atoms with Crippen molar-refractivity contribution in [2.45, 2.75) is 40.5 Å². The average Bonchev–Trinajstić information content (AvgIpc) is 2.31. The lowest BCUT2D eigenvalue weighted by molar-refractivity contribution is 0.0920. The largest absolute Gasteiger partial charge is 0.496 e. The van der Waals surface area contributed by atoms with Crippen LogP contribution in [0.1, 0.15) is 48.2 Å². The number of benzene rings is 1. The van der Waals surface area contributed by atoms with Crippen LogP contribution in [0, 0.1) is 19.8 Å². The molecule has 2 heteroatoms. The first kappa shape index (κ1) is 13.8. The lowest BCUT2D eigenvalue weighted by Crippen LogP contribution is -2.13. The van der Waals surface area contributed by atoms with E-state index in [4.69, 9.17) is 4.74 Å². The Morgan fingerprint density at radius 2 is 2.00 bits per heavy atom. The van der Waals surface area contributed by atoms with Crippen LogP contribution in [0.3, 0.4) is 0 Å². The molecule has 1 aromatic rings. The number of ketones is 1. The number of hydrogen-bond acceptors (Lipinski definition) is 2. The zero-order valence-electron chi connectivity index (χ0n) is 11.5. The number of carbonyl (C=O) groups excluding carboxylic acids is 1. The summed E-state index contributed by atoms with van der Waals surface area (Å²) in [6, 6.07) is 3.87. The first-order valence-electron chi connectivity index (χ1n) is 6.21. The molecule has 0 bridgehead atoms. The average molecular weight is 234 g/mol. The third-order valence-corrected chi connectivity index (χ3v) is 3.32. The lowest BCUT2D eigenvalue weighted by atomic mass is 9.92. The summed E-state index contributed by atoms with van der Waals surface area (Å²) in [7, 11) is 1.63. The molecular formula is C15H22O2. The maximum atomic E-state index is 12.3. The van der Waals surface area contributed by atoms with Crippen molar-refractivity contribution in [3.8, 4) is 5.75 Å². The fourth-order valence-corrected chi connectivity index (χ4v) is 2.08. The fraction of sp³-hybridized carbons (Fsp3) is 0.533. The minimum Gasteiger partial charge on any atom is -0.496 e. The summed E-state index contributed by atoms with van der Waals surface area (Å²) < 4.78 is 5.39. The van der Waals surface area contributed by atoms with Gasteiger partial charge in [0.2, 0.25) is 0 Å². The van der Waals surface area contributed by atoms with Crippen LogP contribution in [0.2, 0.25) is 0 Å². The summed E-state index contributed by atoms with van der Waals surface area (Å²) in [5.74, 6) is 0.987. The van der Waals surface area contributed by atoms with E-state index in [0.29, 0.717) is 0 Å². The Balaban J connectivity index is 3.14. The molecule has 0 fully saturated rings. The molecule has 1 unspecified atom stereocenters. The summed E-state index contributed by atoms with van der Waals surface area (Å²) in [5.41, 5.74) is 2.93. The molecule has 0 N–H and O–H groups in total. The van der Waals surface area contributed by atoms with Gasteiger partial charge in [-0.2, -0.15) is 0 Å². The first-order valence-corrected chi connectivity index (χ1v) is 6.21. The van der Waals surface area contributed by atoms with E-state index in [1.165, 1.54) is 0 Å². The minimum absolute atomic E-state index is 0.0657. The van der Waals surface area contributed by atoms with Gasteiger partial charge in [-0.15, -0.1) is 0 Å². The van der Waals surface area contributed by atoms with Crippen LogP contribution < -0.4 is 4.74 Å². The van der Waals surface area contributed by atoms with Crippen LogP contribution in [-0.4, -0.2) is 12.9 Å². The molecule has 0 heterocycles. The van der Waals surface area contributed by atoms with E-state index in [-0.39, 0.29) is 11.7 Å². The molecule has 2 nitrogen and oxygen atoms in total. The van der Waals surface area contributed by atoms with Gasteiger partial charge in [-0.3, -0.25) is 4.79 Å². The topological polar surface area (TPSA) is 26.3 Å². The molecule has 17 heavy (non-hydrogen) atoms. The van der Waals surface area contributed by atoms with Crippen molar-refractivity contribution in [1.82, 2.24) is 0 Å². The predicted octanol–water partition coefficient (Wildman–Crippen LogP) is 3.93. The van der Waals surface area contributed by atoms with Gasteiger partial charge in [0.1, 0.15) is 5.75 Å². The van der Waals surface area contributed by atoms with Crippen LogP contribution in [0.5, 0.6) is 5.75 Å². The number of rotatable bonds is 5. The minimum atomic E-state index is 0.0657. The molecule has 0 spiro atoms. The first-order chi connectivity index (χ1) is 8.02. The van der Waals surface area contributed by atoms with Gasteiger partial charge in [0.15, 0.2) is 5.78 Å². The van der Waals surface area contributed by atoms with Crippen LogP contribution in [-0.2, 0) is 0 Å². The van der Waals surface area contributed by atoms with Crippen molar-refractivity contribution in [1.29, 1.82) is 0 Å². The summed E-state index contributed by atoms with van der Waals surface area (Å²) in [5, 5.41) is 0. The number of ether oxygens (including phenoxy) is 1. The second-order valence-corrected chi connectivity index (χ2v) is 4.64. The SMILES string of the molecule is CCCC(C)C(=O)c1ccc(C)c(C)c1OC. The van der Waals surface area contributed by atoms with Gasteiger partial charge in [-0.25, -0.2) is 0 Å². The third kappa shape index (κ3) is 2.87.